The second-order valence-corrected chi connectivity index (χ2v) is 4.73. The summed E-state index contributed by atoms with van der Waals surface area (Å²) in [6.07, 6.45) is 1.08. The van der Waals surface area contributed by atoms with Crippen molar-refractivity contribution < 1.29 is 19.5 Å². The first kappa shape index (κ1) is 14.1. The minimum Gasteiger partial charge on any atom is -0.507 e. The second kappa shape index (κ2) is 5.77. The van der Waals surface area contributed by atoms with Gasteiger partial charge in [-0.3, -0.25) is 4.79 Å². The zero-order chi connectivity index (χ0) is 14.7. The number of piperidine rings is 1. The number of carbonyl (C=O) groups is 1. The fraction of sp³-hybridized carbons (Fsp3) is 0.385. The normalized spacial score (nSPS) is 17.2. The summed E-state index contributed by atoms with van der Waals surface area (Å²) in [6.45, 7) is 0.737. The number of phenols is 1. The molecule has 4 N–H and O–H groups in total. The highest BCUT2D eigenvalue weighted by molar-refractivity contribution is 5.97. The quantitative estimate of drug-likeness (QED) is 0.327. The monoisotopic (exact) mass is 281 g/mol. The average molecular weight is 281 g/mol. The SMILES string of the molecule is N/C(=N/O)C1CCN(C(=O)c2c(O)cccc2F)CC1. The smallest absolute Gasteiger partial charge is 0.260 e. The van der Waals surface area contributed by atoms with E-state index >= 15 is 0 Å². The van der Waals surface area contributed by atoms with Gasteiger partial charge in [0.15, 0.2) is 0 Å². The van der Waals surface area contributed by atoms with Gasteiger partial charge in [0.1, 0.15) is 23.0 Å². The Bertz CT molecular complexity index is 519. The Morgan fingerprint density at radius 2 is 2.05 bits per heavy atom. The third kappa shape index (κ3) is 2.66. The van der Waals surface area contributed by atoms with Gasteiger partial charge in [-0.25, -0.2) is 4.39 Å². The molecule has 2 rings (SSSR count). The molecular weight excluding hydrogens is 265 g/mol. The van der Waals surface area contributed by atoms with Crippen molar-refractivity contribution in [2.75, 3.05) is 13.1 Å². The van der Waals surface area contributed by atoms with E-state index in [2.05, 4.69) is 5.16 Å². The molecule has 1 aliphatic rings. The number of oxime groups is 1. The van der Waals surface area contributed by atoms with Gasteiger partial charge < -0.3 is 20.9 Å². The molecule has 1 aromatic rings. The van der Waals surface area contributed by atoms with Gasteiger partial charge in [-0.2, -0.15) is 0 Å². The molecule has 0 saturated carbocycles. The number of amidine groups is 1. The lowest BCUT2D eigenvalue weighted by Gasteiger charge is -2.31. The number of nitrogens with two attached hydrogens (primary N) is 1. The fourth-order valence-corrected chi connectivity index (χ4v) is 2.34. The summed E-state index contributed by atoms with van der Waals surface area (Å²) in [5, 5.41) is 21.2. The summed E-state index contributed by atoms with van der Waals surface area (Å²) in [5.74, 6) is -1.59. The number of carbonyl (C=O) groups excluding carboxylic acids is 1. The van der Waals surface area contributed by atoms with Crippen LogP contribution in [0.4, 0.5) is 4.39 Å². The molecule has 108 valence electrons. The van der Waals surface area contributed by atoms with Gasteiger partial charge in [-0.15, -0.1) is 0 Å². The molecule has 7 heteroatoms. The van der Waals surface area contributed by atoms with Crippen LogP contribution >= 0.6 is 0 Å². The van der Waals surface area contributed by atoms with Crippen molar-refractivity contribution in [3.8, 4) is 5.75 Å². The largest absolute Gasteiger partial charge is 0.507 e. The van der Waals surface area contributed by atoms with Crippen molar-refractivity contribution in [3.63, 3.8) is 0 Å². The summed E-state index contributed by atoms with van der Waals surface area (Å²) in [5.41, 5.74) is 5.21. The maximum absolute atomic E-state index is 13.6. The molecule has 6 nitrogen and oxygen atoms in total. The van der Waals surface area contributed by atoms with Gasteiger partial charge in [-0.1, -0.05) is 11.2 Å². The van der Waals surface area contributed by atoms with Crippen LogP contribution in [-0.4, -0.2) is 40.0 Å². The predicted octanol–water partition coefficient (Wildman–Crippen LogP) is 1.13. The van der Waals surface area contributed by atoms with Gasteiger partial charge in [0.05, 0.1) is 0 Å². The first-order valence-electron chi connectivity index (χ1n) is 6.28. The zero-order valence-electron chi connectivity index (χ0n) is 10.8. The van der Waals surface area contributed by atoms with Crippen LogP contribution < -0.4 is 5.73 Å². The van der Waals surface area contributed by atoms with Crippen LogP contribution in [0.15, 0.2) is 23.4 Å². The Labute approximate surface area is 115 Å². The van der Waals surface area contributed by atoms with Gasteiger partial charge in [-0.05, 0) is 25.0 Å². The van der Waals surface area contributed by atoms with Crippen LogP contribution in [0.5, 0.6) is 5.75 Å². The summed E-state index contributed by atoms with van der Waals surface area (Å²) in [4.78, 5) is 13.7. The van der Waals surface area contributed by atoms with E-state index in [0.29, 0.717) is 25.9 Å². The topological polar surface area (TPSA) is 99.2 Å². The average Bonchev–Trinajstić information content (AvgIpc) is 2.46. The molecule has 1 aliphatic heterocycles. The van der Waals surface area contributed by atoms with Gasteiger partial charge >= 0.3 is 0 Å². The lowest BCUT2D eigenvalue weighted by Crippen LogP contribution is -2.42. The molecule has 0 unspecified atom stereocenters. The molecule has 1 heterocycles. The number of benzene rings is 1. The van der Waals surface area contributed by atoms with Crippen LogP contribution in [0.2, 0.25) is 0 Å². The molecule has 1 aromatic carbocycles. The molecule has 1 saturated heterocycles. The summed E-state index contributed by atoms with van der Waals surface area (Å²) in [6, 6.07) is 3.75. The third-order valence-electron chi connectivity index (χ3n) is 3.52. The van der Waals surface area contributed by atoms with E-state index in [0.717, 1.165) is 6.07 Å². The lowest BCUT2D eigenvalue weighted by molar-refractivity contribution is 0.0701. The lowest BCUT2D eigenvalue weighted by atomic mass is 9.95. The predicted molar refractivity (Wildman–Crippen MR) is 70.1 cm³/mol. The zero-order valence-corrected chi connectivity index (χ0v) is 10.8. The standard InChI is InChI=1S/C13H16FN3O3/c14-9-2-1-3-10(18)11(9)13(19)17-6-4-8(5-7-17)12(15)16-20/h1-3,8,18,20H,4-7H2,(H2,15,16). The Morgan fingerprint density at radius 3 is 2.60 bits per heavy atom. The maximum atomic E-state index is 13.6. The Hall–Kier alpha value is -2.31. The number of hydrogen-bond acceptors (Lipinski definition) is 4. The number of rotatable bonds is 2. The maximum Gasteiger partial charge on any atom is 0.260 e. The van der Waals surface area contributed by atoms with Crippen LogP contribution in [0.3, 0.4) is 0 Å². The second-order valence-electron chi connectivity index (χ2n) is 4.73. The Morgan fingerprint density at radius 1 is 1.40 bits per heavy atom. The highest BCUT2D eigenvalue weighted by Gasteiger charge is 2.28. The number of aromatic hydroxyl groups is 1. The van der Waals surface area contributed by atoms with E-state index in [1.54, 1.807) is 0 Å². The number of halogens is 1. The molecule has 0 bridgehead atoms. The molecular formula is C13H16FN3O3. The van der Waals surface area contributed by atoms with Gasteiger partial charge in [0, 0.05) is 19.0 Å². The van der Waals surface area contributed by atoms with Crippen molar-refractivity contribution in [1.29, 1.82) is 0 Å². The Balaban J connectivity index is 2.09. The van der Waals surface area contributed by atoms with Crippen molar-refractivity contribution in [2.24, 2.45) is 16.8 Å². The van der Waals surface area contributed by atoms with E-state index in [9.17, 15) is 14.3 Å². The van der Waals surface area contributed by atoms with E-state index in [1.807, 2.05) is 0 Å². The molecule has 20 heavy (non-hydrogen) atoms. The fourth-order valence-electron chi connectivity index (χ4n) is 2.34. The van der Waals surface area contributed by atoms with Crippen molar-refractivity contribution in [2.45, 2.75) is 12.8 Å². The van der Waals surface area contributed by atoms with Gasteiger partial charge in [0.25, 0.3) is 5.91 Å². The molecule has 0 radical (unpaired) electrons. The van der Waals surface area contributed by atoms with Crippen molar-refractivity contribution >= 4 is 11.7 Å². The van der Waals surface area contributed by atoms with Crippen LogP contribution in [0.1, 0.15) is 23.2 Å². The minimum atomic E-state index is -0.742. The highest BCUT2D eigenvalue weighted by Crippen LogP contribution is 2.25. The Kier molecular flexibility index (Phi) is 4.07. The summed E-state index contributed by atoms with van der Waals surface area (Å²) >= 11 is 0. The molecule has 1 fully saturated rings. The van der Waals surface area contributed by atoms with Crippen molar-refractivity contribution in [1.82, 2.24) is 4.90 Å². The van der Waals surface area contributed by atoms with Gasteiger partial charge in [0.2, 0.25) is 0 Å². The van der Waals surface area contributed by atoms with E-state index < -0.39 is 11.7 Å². The highest BCUT2D eigenvalue weighted by atomic mass is 19.1. The van der Waals surface area contributed by atoms with Crippen LogP contribution in [0, 0.1) is 11.7 Å². The third-order valence-corrected chi connectivity index (χ3v) is 3.52. The number of hydrogen-bond donors (Lipinski definition) is 3. The first-order chi connectivity index (χ1) is 9.54. The molecule has 0 atom stereocenters. The summed E-state index contributed by atoms with van der Waals surface area (Å²) in [7, 11) is 0. The molecule has 0 spiro atoms. The minimum absolute atomic E-state index is 0.0849. The first-order valence-corrected chi connectivity index (χ1v) is 6.28. The van der Waals surface area contributed by atoms with E-state index in [1.165, 1.54) is 17.0 Å². The van der Waals surface area contributed by atoms with Crippen LogP contribution in [0.25, 0.3) is 0 Å². The molecule has 0 aromatic heterocycles. The number of likely N-dealkylation sites (tertiary alicyclic amines) is 1. The van der Waals surface area contributed by atoms with E-state index in [4.69, 9.17) is 10.9 Å². The molecule has 1 amide bonds. The number of phenolic OH excluding ortho intramolecular Hbond substituents is 1. The van der Waals surface area contributed by atoms with E-state index in [-0.39, 0.29) is 23.1 Å². The summed E-state index contributed by atoms with van der Waals surface area (Å²) < 4.78 is 13.6. The molecule has 0 aliphatic carbocycles. The number of amides is 1. The number of nitrogens with zero attached hydrogens (tertiary/aromatic N) is 2. The van der Waals surface area contributed by atoms with Crippen molar-refractivity contribution in [3.05, 3.63) is 29.6 Å². The van der Waals surface area contributed by atoms with Crippen LogP contribution in [-0.2, 0) is 0 Å².